The van der Waals surface area contributed by atoms with Crippen LogP contribution >= 0.6 is 0 Å². The third-order valence-corrected chi connectivity index (χ3v) is 3.61. The lowest BCUT2D eigenvalue weighted by atomic mass is 10.1. The molecule has 1 aromatic carbocycles. The van der Waals surface area contributed by atoms with Crippen molar-refractivity contribution in [3.05, 3.63) is 53.1 Å². The summed E-state index contributed by atoms with van der Waals surface area (Å²) in [6.07, 6.45) is 2.00. The largest absolute Gasteiger partial charge is 0.395 e. The van der Waals surface area contributed by atoms with E-state index in [2.05, 4.69) is 9.97 Å². The molecule has 0 saturated carbocycles. The van der Waals surface area contributed by atoms with Crippen molar-refractivity contribution in [3.8, 4) is 0 Å². The molecule has 7 heteroatoms. The summed E-state index contributed by atoms with van der Waals surface area (Å²) in [6.45, 7) is 2.20. The number of carbonyl (C=O) groups is 1. The molecular weight excluding hydrogens is 304 g/mol. The summed E-state index contributed by atoms with van der Waals surface area (Å²) in [5.41, 5.74) is 2.15. The predicted octanol–water partition coefficient (Wildman–Crippen LogP) is 1.95. The fraction of sp³-hybridized carbons (Fsp3) is 0.375. The maximum absolute atomic E-state index is 13.2. The van der Waals surface area contributed by atoms with Gasteiger partial charge >= 0.3 is 0 Å². The van der Waals surface area contributed by atoms with Gasteiger partial charge in [0.25, 0.3) is 0 Å². The predicted molar refractivity (Wildman–Crippen MR) is 80.5 cm³/mol. The van der Waals surface area contributed by atoms with Crippen molar-refractivity contribution in [1.29, 1.82) is 0 Å². The van der Waals surface area contributed by atoms with E-state index in [9.17, 15) is 13.6 Å². The lowest BCUT2D eigenvalue weighted by molar-refractivity contribution is -0.132. The summed E-state index contributed by atoms with van der Waals surface area (Å²) < 4.78 is 26.1. The number of aromatic nitrogens is 2. The van der Waals surface area contributed by atoms with Crippen molar-refractivity contribution in [2.75, 3.05) is 13.2 Å². The molecular formula is C16H19F2N3O2. The molecule has 0 aliphatic carbocycles. The Morgan fingerprint density at radius 1 is 1.35 bits per heavy atom. The summed E-state index contributed by atoms with van der Waals surface area (Å²) in [6, 6.07) is 3.60. The first-order valence-electron chi connectivity index (χ1n) is 7.32. The zero-order valence-corrected chi connectivity index (χ0v) is 12.9. The van der Waals surface area contributed by atoms with Gasteiger partial charge in [0.1, 0.15) is 0 Å². The number of halogens is 2. The molecule has 1 aromatic heterocycles. The van der Waals surface area contributed by atoms with Crippen LogP contribution in [0.25, 0.3) is 0 Å². The third-order valence-electron chi connectivity index (χ3n) is 3.61. The molecule has 2 N–H and O–H groups in total. The van der Waals surface area contributed by atoms with E-state index in [-0.39, 0.29) is 25.5 Å². The minimum atomic E-state index is -0.922. The maximum Gasteiger partial charge on any atom is 0.223 e. The topological polar surface area (TPSA) is 69.2 Å². The third kappa shape index (κ3) is 4.59. The number of aromatic amines is 1. The first-order valence-corrected chi connectivity index (χ1v) is 7.32. The molecule has 0 radical (unpaired) electrons. The number of benzene rings is 1. The molecule has 1 heterocycles. The van der Waals surface area contributed by atoms with Crippen molar-refractivity contribution >= 4 is 5.91 Å². The van der Waals surface area contributed by atoms with Crippen molar-refractivity contribution in [2.24, 2.45) is 0 Å². The van der Waals surface area contributed by atoms with Crippen molar-refractivity contribution in [1.82, 2.24) is 14.9 Å². The number of aryl methyl sites for hydroxylation is 2. The second kappa shape index (κ2) is 7.82. The number of hydrogen-bond acceptors (Lipinski definition) is 3. The van der Waals surface area contributed by atoms with Gasteiger partial charge in [0.05, 0.1) is 25.2 Å². The van der Waals surface area contributed by atoms with E-state index in [0.29, 0.717) is 18.5 Å². The molecule has 124 valence electrons. The van der Waals surface area contributed by atoms with Gasteiger partial charge in [-0.2, -0.15) is 0 Å². The van der Waals surface area contributed by atoms with Gasteiger partial charge < -0.3 is 15.0 Å². The number of hydrogen-bond donors (Lipinski definition) is 2. The first-order chi connectivity index (χ1) is 11.0. The first kappa shape index (κ1) is 17.1. The molecule has 0 bridgehead atoms. The Hall–Kier alpha value is -2.28. The Bertz CT molecular complexity index is 673. The van der Waals surface area contributed by atoms with Gasteiger partial charge in [0.15, 0.2) is 11.6 Å². The minimum absolute atomic E-state index is 0.147. The fourth-order valence-corrected chi connectivity index (χ4v) is 2.24. The Morgan fingerprint density at radius 2 is 2.13 bits per heavy atom. The summed E-state index contributed by atoms with van der Waals surface area (Å²) >= 11 is 0. The van der Waals surface area contributed by atoms with Gasteiger partial charge in [-0.3, -0.25) is 4.79 Å². The van der Waals surface area contributed by atoms with Gasteiger partial charge in [0, 0.05) is 18.7 Å². The molecule has 0 atom stereocenters. The van der Waals surface area contributed by atoms with Crippen LogP contribution in [0.1, 0.15) is 23.4 Å². The van der Waals surface area contributed by atoms with Crippen LogP contribution in [-0.4, -0.2) is 39.0 Å². The van der Waals surface area contributed by atoms with Gasteiger partial charge in [-0.05, 0) is 31.0 Å². The van der Waals surface area contributed by atoms with E-state index in [1.165, 1.54) is 11.0 Å². The Kier molecular flexibility index (Phi) is 5.81. The fourth-order valence-electron chi connectivity index (χ4n) is 2.24. The van der Waals surface area contributed by atoms with Gasteiger partial charge in [-0.25, -0.2) is 13.8 Å². The number of rotatable bonds is 7. The molecule has 0 saturated heterocycles. The number of amides is 1. The average molecular weight is 323 g/mol. The number of imidazole rings is 1. The number of H-pyrrole nitrogens is 1. The molecule has 1 amide bonds. The number of nitrogens with zero attached hydrogens (tertiary/aromatic N) is 2. The number of carbonyl (C=O) groups excluding carboxylic acids is 1. The highest BCUT2D eigenvalue weighted by atomic mass is 19.2. The summed E-state index contributed by atoms with van der Waals surface area (Å²) in [5.74, 6) is -2.00. The maximum atomic E-state index is 13.2. The van der Waals surface area contributed by atoms with Crippen LogP contribution in [-0.2, 0) is 17.8 Å². The molecule has 0 fully saturated rings. The second-order valence-corrected chi connectivity index (χ2v) is 5.26. The molecule has 0 aliphatic heterocycles. The number of aliphatic hydroxyl groups excluding tert-OH is 1. The van der Waals surface area contributed by atoms with Crippen molar-refractivity contribution < 1.29 is 18.7 Å². The van der Waals surface area contributed by atoms with Crippen molar-refractivity contribution in [2.45, 2.75) is 26.3 Å². The monoisotopic (exact) mass is 323 g/mol. The van der Waals surface area contributed by atoms with E-state index < -0.39 is 11.6 Å². The Labute approximate surface area is 133 Å². The second-order valence-electron chi connectivity index (χ2n) is 5.26. The van der Waals surface area contributed by atoms with E-state index in [1.807, 2.05) is 6.92 Å². The average Bonchev–Trinajstić information content (AvgIpc) is 2.93. The van der Waals surface area contributed by atoms with Crippen LogP contribution in [0.2, 0.25) is 0 Å². The molecule has 5 nitrogen and oxygen atoms in total. The highest BCUT2D eigenvalue weighted by Crippen LogP contribution is 2.12. The van der Waals surface area contributed by atoms with Crippen molar-refractivity contribution in [3.63, 3.8) is 0 Å². The van der Waals surface area contributed by atoms with Crippen LogP contribution in [0, 0.1) is 18.6 Å². The molecule has 23 heavy (non-hydrogen) atoms. The zero-order chi connectivity index (χ0) is 16.8. The van der Waals surface area contributed by atoms with Crippen LogP contribution in [0.3, 0.4) is 0 Å². The van der Waals surface area contributed by atoms with E-state index in [1.54, 1.807) is 6.33 Å². The highest BCUT2D eigenvalue weighted by molar-refractivity contribution is 5.76. The van der Waals surface area contributed by atoms with Crippen LogP contribution < -0.4 is 0 Å². The summed E-state index contributed by atoms with van der Waals surface area (Å²) in [5, 5.41) is 9.12. The number of nitrogens with one attached hydrogen (secondary N) is 1. The highest BCUT2D eigenvalue weighted by Gasteiger charge is 2.16. The van der Waals surface area contributed by atoms with E-state index in [0.717, 1.165) is 23.5 Å². The van der Waals surface area contributed by atoms with Gasteiger partial charge in [0.2, 0.25) is 5.91 Å². The molecule has 2 aromatic rings. The number of aliphatic hydroxyl groups is 1. The van der Waals surface area contributed by atoms with Crippen LogP contribution in [0.15, 0.2) is 24.5 Å². The van der Waals surface area contributed by atoms with Crippen LogP contribution in [0.5, 0.6) is 0 Å². The summed E-state index contributed by atoms with van der Waals surface area (Å²) in [4.78, 5) is 20.9. The molecule has 2 rings (SSSR count). The summed E-state index contributed by atoms with van der Waals surface area (Å²) in [7, 11) is 0. The molecule has 0 unspecified atom stereocenters. The standard InChI is InChI=1S/C16H19F2N3O2/c1-11-15(20-10-19-11)9-21(6-7-22)16(23)5-3-12-2-4-13(17)14(18)8-12/h2,4,8,10,22H,3,5-7,9H2,1H3,(H,19,20). The van der Waals surface area contributed by atoms with Gasteiger partial charge in [-0.1, -0.05) is 6.07 Å². The quantitative estimate of drug-likeness (QED) is 0.818. The lowest BCUT2D eigenvalue weighted by Gasteiger charge is -2.21. The van der Waals surface area contributed by atoms with E-state index >= 15 is 0 Å². The molecule has 0 spiro atoms. The Balaban J connectivity index is 1.97. The minimum Gasteiger partial charge on any atom is -0.395 e. The SMILES string of the molecule is Cc1[nH]cnc1CN(CCO)C(=O)CCc1ccc(F)c(F)c1. The van der Waals surface area contributed by atoms with Gasteiger partial charge in [-0.15, -0.1) is 0 Å². The molecule has 0 aliphatic rings. The normalized spacial score (nSPS) is 10.8. The smallest absolute Gasteiger partial charge is 0.223 e. The Morgan fingerprint density at radius 3 is 2.74 bits per heavy atom. The lowest BCUT2D eigenvalue weighted by Crippen LogP contribution is -2.33. The van der Waals surface area contributed by atoms with Crippen LogP contribution in [0.4, 0.5) is 8.78 Å². The van der Waals surface area contributed by atoms with E-state index in [4.69, 9.17) is 5.11 Å². The zero-order valence-electron chi connectivity index (χ0n) is 12.9.